The van der Waals surface area contributed by atoms with Gasteiger partial charge < -0.3 is 10.0 Å². The molecule has 0 spiro atoms. The normalized spacial score (nSPS) is 10.1. The molecule has 108 valence electrons. The van der Waals surface area contributed by atoms with Crippen molar-refractivity contribution >= 4 is 11.9 Å². The van der Waals surface area contributed by atoms with Gasteiger partial charge in [0, 0.05) is 17.7 Å². The Kier molecular flexibility index (Phi) is 4.39. The molecule has 0 atom stereocenters. The van der Waals surface area contributed by atoms with Crippen LogP contribution in [0.15, 0.2) is 36.9 Å². The topological polar surface area (TPSA) is 112 Å². The van der Waals surface area contributed by atoms with E-state index in [1.165, 1.54) is 11.0 Å². The van der Waals surface area contributed by atoms with E-state index >= 15 is 0 Å². The molecular formula is C13H13N5O3. The number of aromatic nitrogens is 4. The highest BCUT2D eigenvalue weighted by atomic mass is 16.4. The third kappa shape index (κ3) is 3.50. The number of hydrogen-bond acceptors (Lipinski definition) is 5. The van der Waals surface area contributed by atoms with Crippen molar-refractivity contribution in [1.29, 1.82) is 0 Å². The molecular weight excluding hydrogens is 274 g/mol. The average Bonchev–Trinajstić information content (AvgIpc) is 3.00. The van der Waals surface area contributed by atoms with Crippen molar-refractivity contribution in [1.82, 2.24) is 25.5 Å². The number of hydrogen-bond donors (Lipinski definition) is 2. The molecule has 0 aliphatic rings. The Hall–Kier alpha value is -3.03. The van der Waals surface area contributed by atoms with Crippen LogP contribution in [-0.4, -0.2) is 55.6 Å². The second-order valence-corrected chi connectivity index (χ2v) is 4.18. The van der Waals surface area contributed by atoms with Crippen LogP contribution in [0.4, 0.5) is 0 Å². The third-order valence-corrected chi connectivity index (χ3v) is 2.68. The molecule has 0 unspecified atom stereocenters. The van der Waals surface area contributed by atoms with Gasteiger partial charge in [0.2, 0.25) is 5.82 Å². The summed E-state index contributed by atoms with van der Waals surface area (Å²) in [6, 6.07) is 6.59. The lowest BCUT2D eigenvalue weighted by Crippen LogP contribution is -2.35. The van der Waals surface area contributed by atoms with E-state index in [0.29, 0.717) is 17.0 Å². The fourth-order valence-electron chi connectivity index (χ4n) is 1.80. The van der Waals surface area contributed by atoms with E-state index in [9.17, 15) is 9.59 Å². The number of nitrogens with one attached hydrogen (secondary N) is 1. The highest BCUT2D eigenvalue weighted by Crippen LogP contribution is 2.16. The maximum atomic E-state index is 12.3. The molecule has 0 bridgehead atoms. The van der Waals surface area contributed by atoms with Gasteiger partial charge in [-0.25, -0.2) is 0 Å². The lowest BCUT2D eigenvalue weighted by molar-refractivity contribution is -0.137. The van der Waals surface area contributed by atoms with Gasteiger partial charge in [0.1, 0.15) is 6.54 Å². The minimum absolute atomic E-state index is 0.150. The summed E-state index contributed by atoms with van der Waals surface area (Å²) >= 11 is 0. The van der Waals surface area contributed by atoms with Crippen molar-refractivity contribution in [2.75, 3.05) is 13.1 Å². The third-order valence-electron chi connectivity index (χ3n) is 2.68. The maximum absolute atomic E-state index is 12.3. The molecule has 0 saturated heterocycles. The number of aliphatic carboxylic acids is 1. The van der Waals surface area contributed by atoms with Gasteiger partial charge in [0.15, 0.2) is 0 Å². The van der Waals surface area contributed by atoms with Crippen molar-refractivity contribution in [3.8, 4) is 11.4 Å². The number of benzene rings is 1. The van der Waals surface area contributed by atoms with Gasteiger partial charge in [0.05, 0.1) is 0 Å². The number of H-pyrrole nitrogens is 1. The summed E-state index contributed by atoms with van der Waals surface area (Å²) in [4.78, 5) is 24.3. The lowest BCUT2D eigenvalue weighted by atomic mass is 10.1. The molecule has 2 aromatic rings. The zero-order chi connectivity index (χ0) is 15.2. The molecule has 2 rings (SSSR count). The summed E-state index contributed by atoms with van der Waals surface area (Å²) in [6.45, 7) is 3.28. The van der Waals surface area contributed by atoms with Crippen LogP contribution in [0, 0.1) is 0 Å². The first-order chi connectivity index (χ1) is 10.1. The summed E-state index contributed by atoms with van der Waals surface area (Å²) in [6.07, 6.45) is 1.48. The maximum Gasteiger partial charge on any atom is 0.323 e. The SMILES string of the molecule is C=CCN(CC(=O)O)C(=O)c1cccc(-c2nn[nH]n2)c1. The first-order valence-electron chi connectivity index (χ1n) is 6.07. The van der Waals surface area contributed by atoms with Crippen LogP contribution in [0.25, 0.3) is 11.4 Å². The number of tetrazole rings is 1. The predicted molar refractivity (Wildman–Crippen MR) is 73.4 cm³/mol. The van der Waals surface area contributed by atoms with Crippen molar-refractivity contribution in [3.05, 3.63) is 42.5 Å². The molecule has 0 fully saturated rings. The molecule has 1 heterocycles. The molecule has 0 saturated carbocycles. The summed E-state index contributed by atoms with van der Waals surface area (Å²) in [7, 11) is 0. The number of carbonyl (C=O) groups is 2. The van der Waals surface area contributed by atoms with Crippen molar-refractivity contribution in [3.63, 3.8) is 0 Å². The number of carboxylic acid groups (broad SMARTS) is 1. The molecule has 8 heteroatoms. The molecule has 1 aromatic heterocycles. The number of rotatable bonds is 6. The number of carbonyl (C=O) groups excluding carboxylic acids is 1. The molecule has 0 aliphatic carbocycles. The Morgan fingerprint density at radius 3 is 2.86 bits per heavy atom. The van der Waals surface area contributed by atoms with Crippen LogP contribution < -0.4 is 0 Å². The van der Waals surface area contributed by atoms with E-state index in [1.54, 1.807) is 24.3 Å². The second kappa shape index (κ2) is 6.42. The minimum atomic E-state index is -1.08. The number of carboxylic acids is 1. The molecule has 21 heavy (non-hydrogen) atoms. The van der Waals surface area contributed by atoms with Crippen LogP contribution in [0.1, 0.15) is 10.4 Å². The largest absolute Gasteiger partial charge is 0.480 e. The van der Waals surface area contributed by atoms with E-state index in [-0.39, 0.29) is 6.54 Å². The Morgan fingerprint density at radius 2 is 2.24 bits per heavy atom. The molecule has 0 aliphatic heterocycles. The highest BCUT2D eigenvalue weighted by molar-refractivity contribution is 5.96. The van der Waals surface area contributed by atoms with Gasteiger partial charge in [-0.15, -0.1) is 16.8 Å². The van der Waals surface area contributed by atoms with Gasteiger partial charge in [-0.2, -0.15) is 5.21 Å². The first kappa shape index (κ1) is 14.4. The Balaban J connectivity index is 2.27. The number of amides is 1. The van der Waals surface area contributed by atoms with E-state index in [4.69, 9.17) is 5.11 Å². The Labute approximate surface area is 120 Å². The van der Waals surface area contributed by atoms with Gasteiger partial charge in [-0.05, 0) is 17.3 Å². The summed E-state index contributed by atoms with van der Waals surface area (Å²) in [5, 5.41) is 22.3. The first-order valence-corrected chi connectivity index (χ1v) is 6.07. The highest BCUT2D eigenvalue weighted by Gasteiger charge is 2.18. The Bertz CT molecular complexity index is 654. The molecule has 0 radical (unpaired) electrons. The predicted octanol–water partition coefficient (Wildman–Crippen LogP) is 0.579. The average molecular weight is 287 g/mol. The zero-order valence-corrected chi connectivity index (χ0v) is 11.1. The van der Waals surface area contributed by atoms with Crippen molar-refractivity contribution < 1.29 is 14.7 Å². The molecule has 1 aromatic carbocycles. The van der Waals surface area contributed by atoms with Gasteiger partial charge >= 0.3 is 5.97 Å². The van der Waals surface area contributed by atoms with Crippen molar-refractivity contribution in [2.45, 2.75) is 0 Å². The van der Waals surface area contributed by atoms with E-state index in [2.05, 4.69) is 27.2 Å². The van der Waals surface area contributed by atoms with Crippen molar-refractivity contribution in [2.24, 2.45) is 0 Å². The van der Waals surface area contributed by atoms with Crippen LogP contribution in [0.3, 0.4) is 0 Å². The van der Waals surface area contributed by atoms with E-state index in [0.717, 1.165) is 0 Å². The number of aromatic amines is 1. The van der Waals surface area contributed by atoms with Gasteiger partial charge in [-0.1, -0.05) is 18.2 Å². The molecule has 2 N–H and O–H groups in total. The molecule has 1 amide bonds. The number of nitrogens with zero attached hydrogens (tertiary/aromatic N) is 4. The van der Waals surface area contributed by atoms with E-state index < -0.39 is 18.4 Å². The lowest BCUT2D eigenvalue weighted by Gasteiger charge is -2.19. The van der Waals surface area contributed by atoms with Crippen LogP contribution in [-0.2, 0) is 4.79 Å². The monoisotopic (exact) mass is 287 g/mol. The van der Waals surface area contributed by atoms with Crippen LogP contribution in [0.2, 0.25) is 0 Å². The Morgan fingerprint density at radius 1 is 1.43 bits per heavy atom. The minimum Gasteiger partial charge on any atom is -0.480 e. The summed E-state index contributed by atoms with van der Waals surface area (Å²) in [5.41, 5.74) is 0.962. The van der Waals surface area contributed by atoms with Gasteiger partial charge in [0.25, 0.3) is 5.91 Å². The standard InChI is InChI=1S/C13H13N5O3/c1-2-6-18(8-11(19)20)13(21)10-5-3-4-9(7-10)12-14-16-17-15-12/h2-5,7H,1,6,8H2,(H,19,20)(H,14,15,16,17). The fraction of sp³-hybridized carbons (Fsp3) is 0.154. The second-order valence-electron chi connectivity index (χ2n) is 4.18. The quantitative estimate of drug-likeness (QED) is 0.751. The van der Waals surface area contributed by atoms with Crippen LogP contribution in [0.5, 0.6) is 0 Å². The smallest absolute Gasteiger partial charge is 0.323 e. The summed E-state index contributed by atoms with van der Waals surface area (Å²) < 4.78 is 0. The van der Waals surface area contributed by atoms with Gasteiger partial charge in [-0.3, -0.25) is 9.59 Å². The van der Waals surface area contributed by atoms with E-state index in [1.807, 2.05) is 0 Å². The summed E-state index contributed by atoms with van der Waals surface area (Å²) in [5.74, 6) is -1.12. The zero-order valence-electron chi connectivity index (χ0n) is 11.1. The molecule has 8 nitrogen and oxygen atoms in total. The fourth-order valence-corrected chi connectivity index (χ4v) is 1.80. The van der Waals surface area contributed by atoms with Crippen LogP contribution >= 0.6 is 0 Å².